The molecule has 1 nitrogen and oxygen atoms in total. The number of aliphatic hydroxyl groups is 1. The maximum atomic E-state index is 7.86. The van der Waals surface area contributed by atoms with Crippen molar-refractivity contribution >= 4 is 11.6 Å². The maximum Gasteiger partial charge on any atom is 1.00 e. The van der Waals surface area contributed by atoms with Crippen molar-refractivity contribution in [2.45, 2.75) is 6.42 Å². The molecular weight excluding hydrogens is 110 g/mol. The third-order valence-corrected chi connectivity index (χ3v) is 0.456. The summed E-state index contributed by atoms with van der Waals surface area (Å²) in [7, 11) is 0. The molecule has 0 heterocycles. The van der Waals surface area contributed by atoms with Gasteiger partial charge in [0.2, 0.25) is 0 Å². The number of hydrogen-bond donors (Lipinski definition) is 1. The molecule has 32 valence electrons. The van der Waals surface area contributed by atoms with Gasteiger partial charge >= 0.3 is 29.6 Å². The van der Waals surface area contributed by atoms with Crippen molar-refractivity contribution in [3.05, 3.63) is 6.61 Å². The Morgan fingerprint density at radius 1 is 1.67 bits per heavy atom. The van der Waals surface area contributed by atoms with Gasteiger partial charge in [-0.05, 0) is 5.88 Å². The van der Waals surface area contributed by atoms with E-state index in [4.69, 9.17) is 16.7 Å². The Balaban J connectivity index is 0. The fourth-order valence-electron chi connectivity index (χ4n) is 0.0488. The van der Waals surface area contributed by atoms with E-state index < -0.39 is 0 Å². The summed E-state index contributed by atoms with van der Waals surface area (Å²) in [6.07, 6.45) is 0.585. The second-order valence-corrected chi connectivity index (χ2v) is 1.04. The van der Waals surface area contributed by atoms with Crippen LogP contribution in [0, 0.1) is 6.61 Å². The van der Waals surface area contributed by atoms with Gasteiger partial charge in [-0.2, -0.15) is 0 Å². The monoisotopic (exact) mass is 116 g/mol. The van der Waals surface area contributed by atoms with Gasteiger partial charge in [0.1, 0.15) is 0 Å². The minimum absolute atomic E-state index is 0. The van der Waals surface area contributed by atoms with Crippen LogP contribution in [-0.2, 0) is 0 Å². The summed E-state index contributed by atoms with van der Waals surface area (Å²) in [5, 5.41) is 7.86. The van der Waals surface area contributed by atoms with E-state index in [1.807, 2.05) is 0 Å². The zero-order chi connectivity index (χ0) is 4.12. The quantitative estimate of drug-likeness (QED) is 0.255. The van der Waals surface area contributed by atoms with Crippen molar-refractivity contribution < 1.29 is 34.7 Å². The Morgan fingerprint density at radius 3 is 2.17 bits per heavy atom. The number of alkyl halides is 1. The molecule has 0 spiro atoms. The van der Waals surface area contributed by atoms with E-state index in [0.717, 1.165) is 6.61 Å². The van der Waals surface area contributed by atoms with E-state index in [2.05, 4.69) is 0 Å². The van der Waals surface area contributed by atoms with Crippen LogP contribution in [0.3, 0.4) is 0 Å². The van der Waals surface area contributed by atoms with Crippen molar-refractivity contribution in [3.63, 3.8) is 0 Å². The normalized spacial score (nSPS) is 7.00. The molecule has 0 aliphatic carbocycles. The molecule has 1 N–H and O–H groups in total. The minimum Gasteiger partial charge on any atom is -0.566 e. The largest absolute Gasteiger partial charge is 1.00 e. The van der Waals surface area contributed by atoms with E-state index >= 15 is 0 Å². The van der Waals surface area contributed by atoms with E-state index in [1.54, 1.807) is 0 Å². The van der Waals surface area contributed by atoms with Crippen LogP contribution in [0.2, 0.25) is 0 Å². The van der Waals surface area contributed by atoms with Gasteiger partial charge in [-0.15, -0.1) is 18.0 Å². The van der Waals surface area contributed by atoms with Crippen molar-refractivity contribution in [1.29, 1.82) is 0 Å². The molecule has 0 aliphatic heterocycles. The number of aliphatic hydroxyl groups excluding tert-OH is 1. The van der Waals surface area contributed by atoms with Crippen LogP contribution in [0.5, 0.6) is 0 Å². The van der Waals surface area contributed by atoms with E-state index in [9.17, 15) is 0 Å². The van der Waals surface area contributed by atoms with Gasteiger partial charge in [-0.1, -0.05) is 0 Å². The first-order chi connectivity index (χ1) is 2.41. The van der Waals surface area contributed by atoms with Crippen LogP contribution in [0.15, 0.2) is 0 Å². The van der Waals surface area contributed by atoms with E-state index in [-0.39, 0.29) is 29.6 Å². The molecule has 0 bridgehead atoms. The molecule has 0 aromatic carbocycles. The van der Waals surface area contributed by atoms with Crippen molar-refractivity contribution in [2.24, 2.45) is 0 Å². The zero-order valence-corrected chi connectivity index (χ0v) is 6.57. The molecule has 0 atom stereocenters. The predicted molar refractivity (Wildman–Crippen MR) is 21.6 cm³/mol. The first-order valence-corrected chi connectivity index (χ1v) is 1.97. The summed E-state index contributed by atoms with van der Waals surface area (Å²) in [6, 6.07) is 0. The molecule has 3 heteroatoms. The molecule has 0 saturated carbocycles. The van der Waals surface area contributed by atoms with Gasteiger partial charge in [-0.3, -0.25) is 0 Å². The van der Waals surface area contributed by atoms with Gasteiger partial charge in [0.25, 0.3) is 0 Å². The Morgan fingerprint density at radius 2 is 2.17 bits per heavy atom. The van der Waals surface area contributed by atoms with Gasteiger partial charge < -0.3 is 5.11 Å². The van der Waals surface area contributed by atoms with Crippen LogP contribution < -0.4 is 29.6 Å². The molecule has 0 aromatic heterocycles. The summed E-state index contributed by atoms with van der Waals surface area (Å²) in [5.74, 6) is 0.510. The van der Waals surface area contributed by atoms with Crippen molar-refractivity contribution in [1.82, 2.24) is 0 Å². The topological polar surface area (TPSA) is 20.2 Å². The third kappa shape index (κ3) is 8.98. The van der Waals surface area contributed by atoms with E-state index in [0.29, 0.717) is 12.3 Å². The minimum atomic E-state index is 0. The SMILES string of the molecule is O[CH-]CCCl.[Na+]. The van der Waals surface area contributed by atoms with Crippen LogP contribution in [-0.4, -0.2) is 11.0 Å². The summed E-state index contributed by atoms with van der Waals surface area (Å²) < 4.78 is 0. The summed E-state index contributed by atoms with van der Waals surface area (Å²) in [4.78, 5) is 0. The van der Waals surface area contributed by atoms with E-state index in [1.165, 1.54) is 0 Å². The molecule has 0 aliphatic rings. The zero-order valence-electron chi connectivity index (χ0n) is 3.82. The number of hydrogen-bond acceptors (Lipinski definition) is 1. The fourth-order valence-corrected chi connectivity index (χ4v) is 0.146. The number of rotatable bonds is 2. The standard InChI is InChI=1S/C3H6ClO.Na/c4-2-1-3-5;/h3,5H,1-2H2;/q-1;+1. The Bertz CT molecular complexity index is 18.3. The number of halogens is 1. The van der Waals surface area contributed by atoms with Crippen LogP contribution in [0.4, 0.5) is 0 Å². The molecular formula is C3H6ClNaO. The average Bonchev–Trinajstić information content (AvgIpc) is 1.41. The van der Waals surface area contributed by atoms with Gasteiger partial charge in [-0.25, -0.2) is 6.61 Å². The Hall–Kier alpha value is 1.25. The fraction of sp³-hybridized carbons (Fsp3) is 0.667. The molecule has 0 unspecified atom stereocenters. The smallest absolute Gasteiger partial charge is 0.566 e. The van der Waals surface area contributed by atoms with Crippen LogP contribution >= 0.6 is 11.6 Å². The van der Waals surface area contributed by atoms with Crippen LogP contribution in [0.1, 0.15) is 6.42 Å². The van der Waals surface area contributed by atoms with Crippen molar-refractivity contribution in [2.75, 3.05) is 5.88 Å². The summed E-state index contributed by atoms with van der Waals surface area (Å²) >= 11 is 5.11. The second kappa shape index (κ2) is 9.54. The first kappa shape index (κ1) is 10.3. The Kier molecular flexibility index (Phi) is 16.3. The summed E-state index contributed by atoms with van der Waals surface area (Å²) in [6.45, 7) is 1.05. The van der Waals surface area contributed by atoms with Gasteiger partial charge in [0, 0.05) is 0 Å². The maximum absolute atomic E-state index is 7.86. The predicted octanol–water partition coefficient (Wildman–Crippen LogP) is -1.85. The molecule has 0 aromatic rings. The average molecular weight is 117 g/mol. The molecule has 0 rings (SSSR count). The molecule has 0 saturated heterocycles. The Labute approximate surface area is 65.0 Å². The molecule has 0 amide bonds. The van der Waals surface area contributed by atoms with Crippen LogP contribution in [0.25, 0.3) is 0 Å². The molecule has 0 fully saturated rings. The first-order valence-electron chi connectivity index (χ1n) is 1.43. The summed E-state index contributed by atoms with van der Waals surface area (Å²) in [5.41, 5.74) is 0. The van der Waals surface area contributed by atoms with Gasteiger partial charge in [0.15, 0.2) is 0 Å². The third-order valence-electron chi connectivity index (χ3n) is 0.238. The van der Waals surface area contributed by atoms with Crippen molar-refractivity contribution in [3.8, 4) is 0 Å². The second-order valence-electron chi connectivity index (χ2n) is 0.660. The molecule has 6 heavy (non-hydrogen) atoms. The molecule has 0 radical (unpaired) electrons. The van der Waals surface area contributed by atoms with Gasteiger partial charge in [0.05, 0.1) is 0 Å².